The van der Waals surface area contributed by atoms with Gasteiger partial charge in [0.1, 0.15) is 23.9 Å². The van der Waals surface area contributed by atoms with E-state index in [1.54, 1.807) is 31.2 Å². The Kier molecular flexibility index (Phi) is 16.4. The van der Waals surface area contributed by atoms with Gasteiger partial charge in [0.05, 0.1) is 6.04 Å². The number of carbonyl (C=O) groups is 6. The third kappa shape index (κ3) is 13.4. The zero-order valence-corrected chi connectivity index (χ0v) is 36.3. The number of nitrogens with one attached hydrogen (secondary N) is 4. The summed E-state index contributed by atoms with van der Waals surface area (Å²) in [5.41, 5.74) is 4.32. The van der Waals surface area contributed by atoms with Crippen LogP contribution < -0.4 is 26.0 Å². The molecule has 5 aromatic rings. The van der Waals surface area contributed by atoms with Crippen molar-refractivity contribution in [3.63, 3.8) is 0 Å². The van der Waals surface area contributed by atoms with E-state index < -0.39 is 72.1 Å². The van der Waals surface area contributed by atoms with E-state index in [-0.39, 0.29) is 38.0 Å². The van der Waals surface area contributed by atoms with Gasteiger partial charge in [-0.1, -0.05) is 123 Å². The van der Waals surface area contributed by atoms with Crippen LogP contribution in [-0.2, 0) is 54.5 Å². The summed E-state index contributed by atoms with van der Waals surface area (Å²) in [4.78, 5) is 84.1. The number of carboxylic acids is 1. The maximum absolute atomic E-state index is 14.6. The number of carboxylic acid groups (broad SMARTS) is 1. The van der Waals surface area contributed by atoms with Crippen molar-refractivity contribution < 1.29 is 38.6 Å². The van der Waals surface area contributed by atoms with Gasteiger partial charge in [-0.3, -0.25) is 24.0 Å². The number of thiophene rings is 1. The lowest BCUT2D eigenvalue weighted by Gasteiger charge is -2.27. The summed E-state index contributed by atoms with van der Waals surface area (Å²) in [6.07, 6.45) is 1.08. The van der Waals surface area contributed by atoms with Crippen LogP contribution in [-0.4, -0.2) is 71.3 Å². The molecule has 12 nitrogen and oxygen atoms in total. The summed E-state index contributed by atoms with van der Waals surface area (Å²) < 4.78 is 5.80. The Morgan fingerprint density at radius 1 is 0.730 bits per heavy atom. The van der Waals surface area contributed by atoms with E-state index in [0.717, 1.165) is 27.1 Å². The van der Waals surface area contributed by atoms with Gasteiger partial charge in [-0.05, 0) is 76.6 Å². The van der Waals surface area contributed by atoms with Crippen LogP contribution in [0, 0.1) is 11.8 Å². The molecular formula is C50H54N4O8S. The number of ether oxygens (including phenoxy) is 1. The average molecular weight is 871 g/mol. The maximum atomic E-state index is 14.6. The van der Waals surface area contributed by atoms with Crippen molar-refractivity contribution in [1.82, 2.24) is 21.3 Å². The van der Waals surface area contributed by atoms with Crippen molar-refractivity contribution in [2.75, 3.05) is 6.61 Å². The molecule has 13 heteroatoms. The molecule has 0 fully saturated rings. The van der Waals surface area contributed by atoms with Gasteiger partial charge in [-0.15, -0.1) is 11.3 Å². The van der Waals surface area contributed by atoms with E-state index in [1.807, 2.05) is 109 Å². The van der Waals surface area contributed by atoms with Gasteiger partial charge in [-0.25, -0.2) is 4.79 Å². The molecule has 4 amide bonds. The van der Waals surface area contributed by atoms with E-state index in [9.17, 15) is 33.9 Å². The number of aryl methyl sites for hydroxylation is 1. The Bertz CT molecular complexity index is 2300. The SMILES string of the molecule is CC[C@H](C)[C@H](NC(=O)[C@H]1CC(=O)[C@@H](CCc2ccccc2)NC(=O)[C@H](Cc2ccc(-c3ccccc3)cc2)NC(=O)[C@@H](Cc2cccs2)NC(=O)COc2ccc(cc2)C1)C(=O)O. The van der Waals surface area contributed by atoms with E-state index in [1.165, 1.54) is 11.3 Å². The van der Waals surface area contributed by atoms with Gasteiger partial charge in [0, 0.05) is 30.1 Å². The molecular weight excluding hydrogens is 817 g/mol. The number of hydrogen-bond acceptors (Lipinski definition) is 8. The number of aliphatic carboxylic acids is 1. The molecule has 2 bridgehead atoms. The Hall–Kier alpha value is -6.60. The van der Waals surface area contributed by atoms with Crippen LogP contribution in [0.2, 0.25) is 0 Å². The summed E-state index contributed by atoms with van der Waals surface area (Å²) in [5, 5.41) is 23.3. The second-order valence-electron chi connectivity index (χ2n) is 16.0. The minimum atomic E-state index is -1.19. The highest BCUT2D eigenvalue weighted by molar-refractivity contribution is 7.09. The Labute approximate surface area is 371 Å². The Morgan fingerprint density at radius 2 is 1.37 bits per heavy atom. The van der Waals surface area contributed by atoms with Crippen molar-refractivity contribution >= 4 is 46.7 Å². The molecule has 3 heterocycles. The third-order valence-corrected chi connectivity index (χ3v) is 12.3. The molecule has 6 atom stereocenters. The van der Waals surface area contributed by atoms with Gasteiger partial charge >= 0.3 is 5.97 Å². The van der Waals surface area contributed by atoms with Crippen LogP contribution >= 0.6 is 11.3 Å². The molecule has 328 valence electrons. The largest absolute Gasteiger partial charge is 0.484 e. The van der Waals surface area contributed by atoms with Gasteiger partial charge in [-0.2, -0.15) is 0 Å². The predicted molar refractivity (Wildman–Crippen MR) is 242 cm³/mol. The molecule has 7 rings (SSSR count). The second kappa shape index (κ2) is 22.5. The molecule has 0 saturated carbocycles. The highest BCUT2D eigenvalue weighted by Gasteiger charge is 2.34. The molecule has 0 aliphatic carbocycles. The van der Waals surface area contributed by atoms with Crippen LogP contribution in [0.5, 0.6) is 5.75 Å². The maximum Gasteiger partial charge on any atom is 0.326 e. The average Bonchev–Trinajstić information content (AvgIpc) is 3.82. The summed E-state index contributed by atoms with van der Waals surface area (Å²) in [6, 6.07) is 32.9. The fraction of sp³-hybridized carbons (Fsp3) is 0.320. The second-order valence-corrected chi connectivity index (χ2v) is 17.1. The standard InChI is InChI=1S/C50H54N4O8S/c1-3-32(2)46(50(60)61)54-47(57)38-27-34-18-23-39(24-19-34)62-31-45(56)51-43(30-40-15-10-26-63-40)49(59)53-42(28-35-16-21-37(22-17-35)36-13-8-5-9-14-36)48(58)52-41(44(55)29-38)25-20-33-11-6-4-7-12-33/h4-19,21-24,26,32,38,41-43,46H,3,20,25,27-31H2,1-2H3,(H,51,56)(H,52,58)(H,53,59)(H,54,57)(H,60,61)/t32-,38+,41+,42-,43+,46-/m0/s1. The highest BCUT2D eigenvalue weighted by Crippen LogP contribution is 2.23. The number of ketones is 1. The lowest BCUT2D eigenvalue weighted by Crippen LogP contribution is -2.57. The van der Waals surface area contributed by atoms with Gasteiger partial charge in [0.2, 0.25) is 17.7 Å². The zero-order valence-electron chi connectivity index (χ0n) is 35.5. The fourth-order valence-electron chi connectivity index (χ4n) is 7.55. The molecule has 2 aliphatic rings. The molecule has 1 aromatic heterocycles. The first-order chi connectivity index (χ1) is 30.4. The minimum absolute atomic E-state index is 0.0558. The van der Waals surface area contributed by atoms with Crippen LogP contribution in [0.15, 0.2) is 127 Å². The fourth-order valence-corrected chi connectivity index (χ4v) is 8.30. The highest BCUT2D eigenvalue weighted by atomic mass is 32.1. The number of Topliss-reactive ketones (excluding diaryl/α,β-unsaturated/α-hetero) is 1. The smallest absolute Gasteiger partial charge is 0.326 e. The topological polar surface area (TPSA) is 180 Å². The molecule has 2 aliphatic heterocycles. The van der Waals surface area contributed by atoms with Crippen LogP contribution in [0.25, 0.3) is 11.1 Å². The Morgan fingerprint density at radius 3 is 2.00 bits per heavy atom. The first-order valence-electron chi connectivity index (χ1n) is 21.3. The number of benzene rings is 4. The zero-order chi connectivity index (χ0) is 44.7. The van der Waals surface area contributed by atoms with E-state index >= 15 is 0 Å². The molecule has 5 N–H and O–H groups in total. The van der Waals surface area contributed by atoms with E-state index in [4.69, 9.17) is 4.74 Å². The normalized spacial score (nSPS) is 19.8. The Balaban J connectivity index is 1.36. The van der Waals surface area contributed by atoms with Gasteiger partial charge < -0.3 is 31.1 Å². The van der Waals surface area contributed by atoms with Crippen molar-refractivity contribution in [1.29, 1.82) is 0 Å². The number of hydrogen-bond donors (Lipinski definition) is 5. The molecule has 0 unspecified atom stereocenters. The monoisotopic (exact) mass is 870 g/mol. The number of carbonyl (C=O) groups excluding carboxylic acids is 5. The van der Waals surface area contributed by atoms with Crippen LogP contribution in [0.1, 0.15) is 54.7 Å². The summed E-state index contributed by atoms with van der Waals surface area (Å²) in [5.74, 6) is -5.01. The number of fused-ring (bicyclic) bond motifs is 16. The first kappa shape index (κ1) is 45.9. The quantitative estimate of drug-likeness (QED) is 0.0880. The lowest BCUT2D eigenvalue weighted by atomic mass is 9.88. The molecule has 0 spiro atoms. The summed E-state index contributed by atoms with van der Waals surface area (Å²) >= 11 is 1.43. The summed E-state index contributed by atoms with van der Waals surface area (Å²) in [7, 11) is 0. The number of rotatable bonds is 13. The molecule has 4 aromatic carbocycles. The van der Waals surface area contributed by atoms with Crippen molar-refractivity contribution in [2.24, 2.45) is 11.8 Å². The lowest BCUT2D eigenvalue weighted by molar-refractivity contribution is -0.144. The molecule has 0 radical (unpaired) electrons. The van der Waals surface area contributed by atoms with Crippen molar-refractivity contribution in [3.05, 3.63) is 148 Å². The summed E-state index contributed by atoms with van der Waals surface area (Å²) in [6.45, 7) is 3.17. The number of amides is 4. The predicted octanol–water partition coefficient (Wildman–Crippen LogP) is 6.11. The van der Waals surface area contributed by atoms with Crippen molar-refractivity contribution in [2.45, 2.75) is 83.0 Å². The third-order valence-electron chi connectivity index (χ3n) is 11.4. The van der Waals surface area contributed by atoms with E-state index in [2.05, 4.69) is 21.3 Å². The van der Waals surface area contributed by atoms with Crippen LogP contribution in [0.4, 0.5) is 0 Å². The molecule has 63 heavy (non-hydrogen) atoms. The van der Waals surface area contributed by atoms with Gasteiger partial charge in [0.15, 0.2) is 12.4 Å². The minimum Gasteiger partial charge on any atom is -0.484 e. The first-order valence-corrected chi connectivity index (χ1v) is 22.2. The molecule has 0 saturated heterocycles. The van der Waals surface area contributed by atoms with Gasteiger partial charge in [0.25, 0.3) is 5.91 Å². The van der Waals surface area contributed by atoms with E-state index in [0.29, 0.717) is 24.2 Å². The van der Waals surface area contributed by atoms with Crippen LogP contribution in [0.3, 0.4) is 0 Å². The van der Waals surface area contributed by atoms with Crippen molar-refractivity contribution in [3.8, 4) is 16.9 Å².